The highest BCUT2D eigenvalue weighted by molar-refractivity contribution is 5.66. The molecule has 0 aliphatic rings. The van der Waals surface area contributed by atoms with Crippen molar-refractivity contribution >= 4 is 23.0 Å². The molecule has 1 aromatic heterocycles. The van der Waals surface area contributed by atoms with Gasteiger partial charge in [0.15, 0.2) is 0 Å². The quantitative estimate of drug-likeness (QED) is 0.738. The number of aryl methyl sites for hydroxylation is 2. The van der Waals surface area contributed by atoms with Crippen LogP contribution in [0.1, 0.15) is 11.1 Å². The van der Waals surface area contributed by atoms with Gasteiger partial charge in [-0.2, -0.15) is 0 Å². The zero-order valence-electron chi connectivity index (χ0n) is 9.99. The molecule has 0 spiro atoms. The van der Waals surface area contributed by atoms with Gasteiger partial charge in [0.25, 0.3) is 0 Å². The smallest absolute Gasteiger partial charge is 0.149 e. The molecular formula is C13H16N4. The second-order valence-corrected chi connectivity index (χ2v) is 4.11. The summed E-state index contributed by atoms with van der Waals surface area (Å²) in [6.45, 7) is 4.10. The highest BCUT2D eigenvalue weighted by Gasteiger charge is 2.02. The lowest BCUT2D eigenvalue weighted by atomic mass is 10.1. The predicted octanol–water partition coefficient (Wildman–Crippen LogP) is 2.61. The molecule has 1 heterocycles. The number of hydrogen-bond donors (Lipinski definition) is 3. The maximum absolute atomic E-state index is 5.67. The summed E-state index contributed by atoms with van der Waals surface area (Å²) in [5.41, 5.74) is 15.2. The standard InChI is InChI=1S/C13H16N4/c1-8-3-4-9(2)11(7-8)16-12-6-5-10(14)13(15)17-12/h3-7H,14H2,1-2H3,(H3,15,16,17). The Morgan fingerprint density at radius 2 is 1.82 bits per heavy atom. The van der Waals surface area contributed by atoms with Crippen LogP contribution in [0, 0.1) is 13.8 Å². The summed E-state index contributed by atoms with van der Waals surface area (Å²) in [6.07, 6.45) is 0. The van der Waals surface area contributed by atoms with Gasteiger partial charge in [-0.05, 0) is 43.2 Å². The van der Waals surface area contributed by atoms with Crippen LogP contribution in [0.5, 0.6) is 0 Å². The molecule has 0 amide bonds. The van der Waals surface area contributed by atoms with Gasteiger partial charge in [-0.3, -0.25) is 0 Å². The maximum Gasteiger partial charge on any atom is 0.149 e. The fraction of sp³-hybridized carbons (Fsp3) is 0.154. The Morgan fingerprint density at radius 3 is 2.53 bits per heavy atom. The predicted molar refractivity (Wildman–Crippen MR) is 72.3 cm³/mol. The van der Waals surface area contributed by atoms with E-state index < -0.39 is 0 Å². The number of benzene rings is 1. The van der Waals surface area contributed by atoms with Gasteiger partial charge in [0, 0.05) is 5.69 Å². The lowest BCUT2D eigenvalue weighted by Crippen LogP contribution is -2.01. The number of rotatable bonds is 2. The van der Waals surface area contributed by atoms with Crippen molar-refractivity contribution in [3.63, 3.8) is 0 Å². The normalized spacial score (nSPS) is 10.2. The summed E-state index contributed by atoms with van der Waals surface area (Å²) in [5.74, 6) is 1.05. The molecule has 0 atom stereocenters. The number of anilines is 4. The van der Waals surface area contributed by atoms with Crippen LogP contribution in [0.25, 0.3) is 0 Å². The Kier molecular flexibility index (Phi) is 2.87. The number of nitrogens with two attached hydrogens (primary N) is 2. The molecule has 1 aromatic carbocycles. The summed E-state index contributed by atoms with van der Waals surface area (Å²) in [7, 11) is 0. The maximum atomic E-state index is 5.67. The Balaban J connectivity index is 2.31. The third kappa shape index (κ3) is 2.47. The van der Waals surface area contributed by atoms with Gasteiger partial charge in [-0.15, -0.1) is 0 Å². The van der Waals surface area contributed by atoms with Crippen LogP contribution in [-0.2, 0) is 0 Å². The number of nitrogen functional groups attached to an aromatic ring is 2. The van der Waals surface area contributed by atoms with Gasteiger partial charge in [0.1, 0.15) is 11.6 Å². The Bertz CT molecular complexity index is 549. The number of nitrogens with one attached hydrogen (secondary N) is 1. The minimum Gasteiger partial charge on any atom is -0.396 e. The van der Waals surface area contributed by atoms with E-state index in [9.17, 15) is 0 Å². The van der Waals surface area contributed by atoms with Gasteiger partial charge in [0.2, 0.25) is 0 Å². The molecule has 0 saturated carbocycles. The summed E-state index contributed by atoms with van der Waals surface area (Å²) >= 11 is 0. The van der Waals surface area contributed by atoms with Crippen molar-refractivity contribution in [1.82, 2.24) is 4.98 Å². The zero-order chi connectivity index (χ0) is 12.4. The molecule has 0 unspecified atom stereocenters. The molecule has 17 heavy (non-hydrogen) atoms. The first-order valence-electron chi connectivity index (χ1n) is 5.42. The fourth-order valence-electron chi connectivity index (χ4n) is 1.56. The number of nitrogens with zero attached hydrogens (tertiary/aromatic N) is 1. The third-order valence-corrected chi connectivity index (χ3v) is 2.61. The van der Waals surface area contributed by atoms with Crippen molar-refractivity contribution in [2.45, 2.75) is 13.8 Å². The van der Waals surface area contributed by atoms with E-state index in [-0.39, 0.29) is 0 Å². The van der Waals surface area contributed by atoms with E-state index in [0.717, 1.165) is 11.3 Å². The summed E-state index contributed by atoms with van der Waals surface area (Å²) < 4.78 is 0. The lowest BCUT2D eigenvalue weighted by molar-refractivity contribution is 1.30. The molecule has 88 valence electrons. The van der Waals surface area contributed by atoms with Crippen LogP contribution in [0.2, 0.25) is 0 Å². The Hall–Kier alpha value is -2.23. The summed E-state index contributed by atoms with van der Waals surface area (Å²) in [6, 6.07) is 9.77. The topological polar surface area (TPSA) is 77.0 Å². The molecule has 0 aliphatic carbocycles. The molecule has 4 nitrogen and oxygen atoms in total. The Morgan fingerprint density at radius 1 is 1.06 bits per heavy atom. The summed E-state index contributed by atoms with van der Waals surface area (Å²) in [5, 5.41) is 3.23. The molecular weight excluding hydrogens is 212 g/mol. The molecule has 2 rings (SSSR count). The number of pyridine rings is 1. The SMILES string of the molecule is Cc1ccc(C)c(Nc2ccc(N)c(N)n2)c1. The van der Waals surface area contributed by atoms with Gasteiger partial charge in [0.05, 0.1) is 5.69 Å². The average molecular weight is 228 g/mol. The van der Waals surface area contributed by atoms with E-state index >= 15 is 0 Å². The summed E-state index contributed by atoms with van der Waals surface area (Å²) in [4.78, 5) is 4.18. The van der Waals surface area contributed by atoms with Gasteiger partial charge in [-0.25, -0.2) is 4.98 Å². The van der Waals surface area contributed by atoms with Crippen molar-refractivity contribution in [2.24, 2.45) is 0 Å². The highest BCUT2D eigenvalue weighted by Crippen LogP contribution is 2.22. The average Bonchev–Trinajstić information content (AvgIpc) is 2.29. The van der Waals surface area contributed by atoms with Crippen LogP contribution in [-0.4, -0.2) is 4.98 Å². The number of hydrogen-bond acceptors (Lipinski definition) is 4. The zero-order valence-corrected chi connectivity index (χ0v) is 9.99. The van der Waals surface area contributed by atoms with Crippen LogP contribution in [0.4, 0.5) is 23.0 Å². The van der Waals surface area contributed by atoms with Crippen molar-refractivity contribution in [3.8, 4) is 0 Å². The van der Waals surface area contributed by atoms with E-state index in [1.807, 2.05) is 13.0 Å². The third-order valence-electron chi connectivity index (χ3n) is 2.61. The largest absolute Gasteiger partial charge is 0.396 e. The monoisotopic (exact) mass is 228 g/mol. The second kappa shape index (κ2) is 4.33. The molecule has 0 radical (unpaired) electrons. The first kappa shape index (κ1) is 11.3. The van der Waals surface area contributed by atoms with Gasteiger partial charge in [-0.1, -0.05) is 12.1 Å². The molecule has 0 saturated heterocycles. The van der Waals surface area contributed by atoms with Crippen molar-refractivity contribution in [1.29, 1.82) is 0 Å². The Labute approximate surface area is 101 Å². The lowest BCUT2D eigenvalue weighted by Gasteiger charge is -2.10. The van der Waals surface area contributed by atoms with Gasteiger partial charge < -0.3 is 16.8 Å². The first-order valence-corrected chi connectivity index (χ1v) is 5.42. The minimum atomic E-state index is 0.348. The molecule has 0 bridgehead atoms. The van der Waals surface area contributed by atoms with Crippen molar-refractivity contribution < 1.29 is 0 Å². The van der Waals surface area contributed by atoms with E-state index in [2.05, 4.69) is 35.4 Å². The minimum absolute atomic E-state index is 0.348. The van der Waals surface area contributed by atoms with Crippen LogP contribution >= 0.6 is 0 Å². The molecule has 0 aliphatic heterocycles. The van der Waals surface area contributed by atoms with Crippen LogP contribution < -0.4 is 16.8 Å². The fourth-order valence-corrected chi connectivity index (χ4v) is 1.56. The van der Waals surface area contributed by atoms with Crippen LogP contribution in [0.15, 0.2) is 30.3 Å². The molecule has 0 fully saturated rings. The van der Waals surface area contributed by atoms with Crippen LogP contribution in [0.3, 0.4) is 0 Å². The molecule has 4 heteroatoms. The van der Waals surface area contributed by atoms with Crippen molar-refractivity contribution in [3.05, 3.63) is 41.5 Å². The van der Waals surface area contributed by atoms with E-state index in [4.69, 9.17) is 11.5 Å². The highest BCUT2D eigenvalue weighted by atomic mass is 15.0. The van der Waals surface area contributed by atoms with E-state index in [0.29, 0.717) is 17.3 Å². The molecule has 5 N–H and O–H groups in total. The molecule has 2 aromatic rings. The second-order valence-electron chi connectivity index (χ2n) is 4.11. The first-order chi connectivity index (χ1) is 8.06. The van der Waals surface area contributed by atoms with Crippen molar-refractivity contribution in [2.75, 3.05) is 16.8 Å². The van der Waals surface area contributed by atoms with Gasteiger partial charge >= 0.3 is 0 Å². The van der Waals surface area contributed by atoms with E-state index in [1.165, 1.54) is 5.56 Å². The number of aromatic nitrogens is 1. The van der Waals surface area contributed by atoms with E-state index in [1.54, 1.807) is 6.07 Å².